The number of methoxy groups -OCH3 is 1. The highest BCUT2D eigenvalue weighted by Crippen LogP contribution is 2.27. The molecule has 0 radical (unpaired) electrons. The van der Waals surface area contributed by atoms with E-state index in [-0.39, 0.29) is 0 Å². The molecule has 0 aliphatic heterocycles. The lowest BCUT2D eigenvalue weighted by molar-refractivity contribution is 0.0563. The van der Waals surface area contributed by atoms with E-state index >= 15 is 0 Å². The summed E-state index contributed by atoms with van der Waals surface area (Å²) in [5, 5.41) is 4.29. The van der Waals surface area contributed by atoms with Crippen molar-refractivity contribution in [3.63, 3.8) is 0 Å². The Labute approximate surface area is 118 Å². The zero-order valence-corrected chi connectivity index (χ0v) is 12.3. The molecule has 0 saturated heterocycles. The van der Waals surface area contributed by atoms with Gasteiger partial charge in [0.25, 0.3) is 0 Å². The summed E-state index contributed by atoms with van der Waals surface area (Å²) in [6, 6.07) is 2.36. The number of nitrogens with one attached hydrogen (secondary N) is 1. The predicted molar refractivity (Wildman–Crippen MR) is 76.4 cm³/mol. The van der Waals surface area contributed by atoms with Crippen LogP contribution in [0.3, 0.4) is 0 Å². The minimum Gasteiger partial charge on any atom is -0.463 e. The normalized spacial score (nSPS) is 23.3. The third-order valence-corrected chi connectivity index (χ3v) is 4.75. The van der Waals surface area contributed by atoms with Crippen LogP contribution in [0, 0.1) is 0 Å². The Morgan fingerprint density at radius 2 is 2.42 bits per heavy atom. The van der Waals surface area contributed by atoms with Gasteiger partial charge in [0.05, 0.1) is 13.4 Å². The third kappa shape index (κ3) is 3.76. The van der Waals surface area contributed by atoms with Gasteiger partial charge in [0.15, 0.2) is 0 Å². The Morgan fingerprint density at radius 1 is 1.58 bits per heavy atom. The van der Waals surface area contributed by atoms with Crippen LogP contribution in [0.4, 0.5) is 0 Å². The van der Waals surface area contributed by atoms with Gasteiger partial charge >= 0.3 is 5.97 Å². The maximum atomic E-state index is 11.5. The molecule has 0 spiro atoms. The van der Waals surface area contributed by atoms with Gasteiger partial charge in [-0.05, 0) is 31.6 Å². The number of hydrogen-bond acceptors (Lipinski definition) is 5. The fraction of sp³-hybridized carbons (Fsp3) is 0.643. The second-order valence-electron chi connectivity index (χ2n) is 4.87. The second kappa shape index (κ2) is 7.01. The molecule has 0 amide bonds. The van der Waals surface area contributed by atoms with Gasteiger partial charge in [0.1, 0.15) is 0 Å². The third-order valence-electron chi connectivity index (χ3n) is 3.66. The fourth-order valence-electron chi connectivity index (χ4n) is 2.55. The van der Waals surface area contributed by atoms with Crippen LogP contribution < -0.4 is 5.32 Å². The first kappa shape index (κ1) is 14.5. The Kier molecular flexibility index (Phi) is 5.34. The fourth-order valence-corrected chi connectivity index (χ4v) is 3.37. The highest BCUT2D eigenvalue weighted by atomic mass is 32.2. The number of esters is 1. The first-order valence-corrected chi connectivity index (χ1v) is 7.94. The van der Waals surface area contributed by atoms with Crippen molar-refractivity contribution in [2.24, 2.45) is 0 Å². The molecule has 1 saturated carbocycles. The molecule has 2 unspecified atom stereocenters. The molecule has 19 heavy (non-hydrogen) atoms. The number of hydrogen-bond donors (Lipinski definition) is 1. The number of carbonyl (C=O) groups excluding carboxylic acids is 1. The van der Waals surface area contributed by atoms with Gasteiger partial charge in [0, 0.05) is 23.4 Å². The van der Waals surface area contributed by atoms with Crippen LogP contribution in [0.15, 0.2) is 16.7 Å². The molecular weight excluding hydrogens is 262 g/mol. The Morgan fingerprint density at radius 3 is 3.16 bits per heavy atom. The smallest absolute Gasteiger partial charge is 0.374 e. The van der Waals surface area contributed by atoms with Crippen LogP contribution in [0.1, 0.15) is 41.8 Å². The molecule has 0 aromatic carbocycles. The highest BCUT2D eigenvalue weighted by molar-refractivity contribution is 7.99. The maximum Gasteiger partial charge on any atom is 0.374 e. The standard InChI is InChI=1S/C14H21NO3S/c1-17-14(16)13-10(6-7-18-13)9-15-11-4-3-5-12(8-11)19-2/h6-7,11-12,15H,3-5,8-9H2,1-2H3. The van der Waals surface area contributed by atoms with Crippen molar-refractivity contribution in [2.45, 2.75) is 43.5 Å². The average Bonchev–Trinajstić information content (AvgIpc) is 2.93. The van der Waals surface area contributed by atoms with Gasteiger partial charge in [-0.15, -0.1) is 0 Å². The summed E-state index contributed by atoms with van der Waals surface area (Å²) in [7, 11) is 1.37. The van der Waals surface area contributed by atoms with Crippen molar-refractivity contribution in [3.8, 4) is 0 Å². The highest BCUT2D eigenvalue weighted by Gasteiger charge is 2.22. The van der Waals surface area contributed by atoms with E-state index in [9.17, 15) is 4.79 Å². The SMILES string of the molecule is COC(=O)c1occc1CNC1CCCC(SC)C1. The minimum atomic E-state index is -0.410. The van der Waals surface area contributed by atoms with Crippen molar-refractivity contribution in [2.75, 3.05) is 13.4 Å². The first-order chi connectivity index (χ1) is 9.24. The molecule has 1 N–H and O–H groups in total. The lowest BCUT2D eigenvalue weighted by Crippen LogP contribution is -2.34. The zero-order chi connectivity index (χ0) is 13.7. The summed E-state index contributed by atoms with van der Waals surface area (Å²) in [6.45, 7) is 0.659. The van der Waals surface area contributed by atoms with Crippen LogP contribution in [0.5, 0.6) is 0 Å². The number of rotatable bonds is 5. The van der Waals surface area contributed by atoms with E-state index in [1.54, 1.807) is 0 Å². The summed E-state index contributed by atoms with van der Waals surface area (Å²) < 4.78 is 9.88. The zero-order valence-electron chi connectivity index (χ0n) is 11.5. The molecule has 2 atom stereocenters. The molecule has 1 aromatic rings. The van der Waals surface area contributed by atoms with Crippen molar-refractivity contribution in [1.29, 1.82) is 0 Å². The van der Waals surface area contributed by atoms with E-state index in [1.165, 1.54) is 39.1 Å². The summed E-state index contributed by atoms with van der Waals surface area (Å²) in [5.41, 5.74) is 0.873. The van der Waals surface area contributed by atoms with E-state index in [1.807, 2.05) is 17.8 Å². The Balaban J connectivity index is 1.88. The second-order valence-corrected chi connectivity index (χ2v) is 6.01. The van der Waals surface area contributed by atoms with E-state index in [0.717, 1.165) is 10.8 Å². The van der Waals surface area contributed by atoms with E-state index in [4.69, 9.17) is 9.15 Å². The first-order valence-electron chi connectivity index (χ1n) is 6.65. The topological polar surface area (TPSA) is 51.5 Å². The van der Waals surface area contributed by atoms with Gasteiger partial charge < -0.3 is 14.5 Å². The molecule has 1 aliphatic carbocycles. The molecule has 1 aliphatic rings. The molecular formula is C14H21NO3S. The van der Waals surface area contributed by atoms with Gasteiger partial charge in [-0.25, -0.2) is 4.79 Å². The maximum absolute atomic E-state index is 11.5. The summed E-state index contributed by atoms with van der Waals surface area (Å²) in [6.07, 6.45) is 8.72. The van der Waals surface area contributed by atoms with Gasteiger partial charge in [-0.3, -0.25) is 0 Å². The van der Waals surface area contributed by atoms with E-state index in [2.05, 4.69) is 11.6 Å². The van der Waals surface area contributed by atoms with Crippen molar-refractivity contribution < 1.29 is 13.9 Å². The average molecular weight is 283 g/mol. The van der Waals surface area contributed by atoms with Crippen LogP contribution in [0.25, 0.3) is 0 Å². The van der Waals surface area contributed by atoms with Crippen molar-refractivity contribution >= 4 is 17.7 Å². The van der Waals surface area contributed by atoms with Gasteiger partial charge in [0.2, 0.25) is 5.76 Å². The molecule has 1 aromatic heterocycles. The Bertz CT molecular complexity index is 419. The largest absolute Gasteiger partial charge is 0.463 e. The van der Waals surface area contributed by atoms with Crippen molar-refractivity contribution in [1.82, 2.24) is 5.32 Å². The number of furan rings is 1. The van der Waals surface area contributed by atoms with Gasteiger partial charge in [-0.2, -0.15) is 11.8 Å². The van der Waals surface area contributed by atoms with Crippen LogP contribution in [0.2, 0.25) is 0 Å². The Hall–Kier alpha value is -0.940. The number of thioether (sulfide) groups is 1. The van der Waals surface area contributed by atoms with Gasteiger partial charge in [-0.1, -0.05) is 6.42 Å². The van der Waals surface area contributed by atoms with Crippen LogP contribution in [-0.4, -0.2) is 30.6 Å². The number of carbonyl (C=O) groups is 1. The summed E-state index contributed by atoms with van der Waals surface area (Å²) >= 11 is 1.95. The van der Waals surface area contributed by atoms with Crippen LogP contribution >= 0.6 is 11.8 Å². The molecule has 1 heterocycles. The monoisotopic (exact) mass is 283 g/mol. The van der Waals surface area contributed by atoms with Crippen LogP contribution in [-0.2, 0) is 11.3 Å². The summed E-state index contributed by atoms with van der Waals surface area (Å²) in [5.74, 6) is -0.0975. The lowest BCUT2D eigenvalue weighted by Gasteiger charge is -2.28. The molecule has 5 heteroatoms. The molecule has 106 valence electrons. The van der Waals surface area contributed by atoms with E-state index in [0.29, 0.717) is 18.3 Å². The predicted octanol–water partition coefficient (Wildman–Crippen LogP) is 2.83. The molecule has 0 bridgehead atoms. The lowest BCUT2D eigenvalue weighted by atomic mass is 9.95. The number of ether oxygens (including phenoxy) is 1. The van der Waals surface area contributed by atoms with Crippen molar-refractivity contribution in [3.05, 3.63) is 23.7 Å². The summed E-state index contributed by atoms with van der Waals surface area (Å²) in [4.78, 5) is 11.5. The molecule has 1 fully saturated rings. The molecule has 2 rings (SSSR count). The quantitative estimate of drug-likeness (QED) is 0.842. The minimum absolute atomic E-state index is 0.312. The molecule has 4 nitrogen and oxygen atoms in total. The van der Waals surface area contributed by atoms with E-state index < -0.39 is 5.97 Å².